The first-order valence-electron chi connectivity index (χ1n) is 3.08. The highest BCUT2D eigenvalue weighted by Gasteiger charge is 1.86. The van der Waals surface area contributed by atoms with Crippen LogP contribution in [0.15, 0.2) is 12.3 Å². The lowest BCUT2D eigenvalue weighted by molar-refractivity contribution is 0.231. The van der Waals surface area contributed by atoms with E-state index in [4.69, 9.17) is 4.74 Å². The minimum atomic E-state index is 0.913. The van der Waals surface area contributed by atoms with E-state index >= 15 is 0 Å². The fraction of sp³-hybridized carbons (Fsp3) is 0.714. The maximum absolute atomic E-state index is 4.89. The summed E-state index contributed by atoms with van der Waals surface area (Å²) in [7, 11) is 3.25. The maximum Gasteiger partial charge on any atom is 0.0876 e. The molecule has 0 saturated carbocycles. The molecule has 0 aromatic rings. The summed E-state index contributed by atoms with van der Waals surface area (Å²) < 4.78 is 9.14. The van der Waals surface area contributed by atoms with Gasteiger partial charge in [0.2, 0.25) is 0 Å². The number of hydrogen-bond donors (Lipinski definition) is 0. The third-order valence-corrected chi connectivity index (χ3v) is 0.825. The normalized spacial score (nSPS) is 15.3. The summed E-state index contributed by atoms with van der Waals surface area (Å²) in [6, 6.07) is 0. The lowest BCUT2D eigenvalue weighted by Gasteiger charge is -2.01. The molecule has 0 fully saturated rings. The van der Waals surface area contributed by atoms with Crippen LogP contribution < -0.4 is 0 Å². The van der Waals surface area contributed by atoms with E-state index in [9.17, 15) is 0 Å². The molecule has 0 radical (unpaired) electrons. The van der Waals surface area contributed by atoms with E-state index in [1.807, 2.05) is 6.08 Å². The van der Waals surface area contributed by atoms with Crippen molar-refractivity contribution in [3.05, 3.63) is 12.3 Å². The molecule has 1 aliphatic heterocycles. The number of allylic oxidation sites excluding steroid dienone is 1. The molecule has 0 amide bonds. The van der Waals surface area contributed by atoms with Crippen molar-refractivity contribution in [2.24, 2.45) is 0 Å². The van der Waals surface area contributed by atoms with Gasteiger partial charge in [0.25, 0.3) is 0 Å². The predicted molar refractivity (Wildman–Crippen MR) is 37.3 cm³/mol. The molecule has 1 aliphatic rings. The average molecular weight is 130 g/mol. The van der Waals surface area contributed by atoms with Gasteiger partial charge in [0.15, 0.2) is 0 Å². The van der Waals surface area contributed by atoms with Gasteiger partial charge in [-0.2, -0.15) is 0 Å². The highest BCUT2D eigenvalue weighted by molar-refractivity contribution is 4.76. The zero-order valence-electron chi connectivity index (χ0n) is 6.09. The van der Waals surface area contributed by atoms with Crippen LogP contribution in [0.25, 0.3) is 0 Å². The highest BCUT2D eigenvalue weighted by Crippen LogP contribution is 1.97. The van der Waals surface area contributed by atoms with E-state index in [1.54, 1.807) is 20.5 Å². The van der Waals surface area contributed by atoms with Gasteiger partial charge in [-0.15, -0.1) is 0 Å². The van der Waals surface area contributed by atoms with E-state index in [0.717, 1.165) is 6.61 Å². The Morgan fingerprint density at radius 1 is 1.44 bits per heavy atom. The van der Waals surface area contributed by atoms with Crippen LogP contribution in [0.5, 0.6) is 0 Å². The van der Waals surface area contributed by atoms with Crippen molar-refractivity contribution in [2.45, 2.75) is 12.8 Å². The molecule has 1 rings (SSSR count). The van der Waals surface area contributed by atoms with Crippen LogP contribution in [0.3, 0.4) is 0 Å². The summed E-state index contributed by atoms with van der Waals surface area (Å²) >= 11 is 0. The van der Waals surface area contributed by atoms with Gasteiger partial charge in [-0.1, -0.05) is 0 Å². The molecule has 0 spiro atoms. The van der Waals surface area contributed by atoms with Crippen molar-refractivity contribution >= 4 is 0 Å². The Morgan fingerprint density at radius 3 is 2.22 bits per heavy atom. The Balaban J connectivity index is 0.000000187. The van der Waals surface area contributed by atoms with Crippen LogP contribution in [-0.2, 0) is 9.47 Å². The van der Waals surface area contributed by atoms with Gasteiger partial charge in [-0.3, -0.25) is 0 Å². The monoisotopic (exact) mass is 130 g/mol. The van der Waals surface area contributed by atoms with E-state index in [2.05, 4.69) is 4.74 Å². The van der Waals surface area contributed by atoms with Gasteiger partial charge in [-0.05, 0) is 18.9 Å². The molecule has 0 aromatic carbocycles. The summed E-state index contributed by atoms with van der Waals surface area (Å²) in [4.78, 5) is 0. The minimum absolute atomic E-state index is 0.913. The minimum Gasteiger partial charge on any atom is -0.502 e. The smallest absolute Gasteiger partial charge is 0.0876 e. The average Bonchev–Trinajstić information content (AvgIpc) is 1.93. The summed E-state index contributed by atoms with van der Waals surface area (Å²) in [5.74, 6) is 0. The number of ether oxygens (including phenoxy) is 2. The van der Waals surface area contributed by atoms with E-state index < -0.39 is 0 Å². The molecule has 0 aliphatic carbocycles. The standard InChI is InChI=1S/C5H8O.C2H6O/c1-2-4-6-5-3-1;1-3-2/h2,4H,1,3,5H2;1-2H3. The molecule has 1 heterocycles. The molecule has 2 heteroatoms. The third-order valence-electron chi connectivity index (χ3n) is 0.825. The molecule has 0 saturated heterocycles. The molecule has 0 bridgehead atoms. The van der Waals surface area contributed by atoms with Gasteiger partial charge < -0.3 is 9.47 Å². The fourth-order valence-corrected chi connectivity index (χ4v) is 0.489. The number of methoxy groups -OCH3 is 1. The Kier molecular flexibility index (Phi) is 7.08. The van der Waals surface area contributed by atoms with Crippen LogP contribution >= 0.6 is 0 Å². The molecule has 0 aromatic heterocycles. The third kappa shape index (κ3) is 7.50. The van der Waals surface area contributed by atoms with Crippen LogP contribution in [0.2, 0.25) is 0 Å². The quantitative estimate of drug-likeness (QED) is 0.495. The molecule has 0 unspecified atom stereocenters. The second kappa shape index (κ2) is 7.50. The largest absolute Gasteiger partial charge is 0.502 e. The van der Waals surface area contributed by atoms with E-state index in [0.29, 0.717) is 0 Å². The first kappa shape index (κ1) is 8.50. The molecule has 9 heavy (non-hydrogen) atoms. The molecule has 0 N–H and O–H groups in total. The van der Waals surface area contributed by atoms with E-state index in [-0.39, 0.29) is 0 Å². The van der Waals surface area contributed by atoms with Crippen molar-refractivity contribution in [1.82, 2.24) is 0 Å². The summed E-state index contributed by atoms with van der Waals surface area (Å²) in [6.45, 7) is 0.913. The van der Waals surface area contributed by atoms with Crippen LogP contribution in [0.1, 0.15) is 12.8 Å². The van der Waals surface area contributed by atoms with Crippen LogP contribution in [0, 0.1) is 0 Å². The second-order valence-electron chi connectivity index (χ2n) is 1.79. The zero-order chi connectivity index (χ0) is 6.95. The maximum atomic E-state index is 4.89. The van der Waals surface area contributed by atoms with E-state index in [1.165, 1.54) is 12.8 Å². The van der Waals surface area contributed by atoms with Gasteiger partial charge in [0, 0.05) is 14.2 Å². The van der Waals surface area contributed by atoms with Crippen LogP contribution in [-0.4, -0.2) is 20.8 Å². The summed E-state index contributed by atoms with van der Waals surface area (Å²) in [5.41, 5.74) is 0. The van der Waals surface area contributed by atoms with Gasteiger partial charge >= 0.3 is 0 Å². The lowest BCUT2D eigenvalue weighted by Crippen LogP contribution is -1.90. The van der Waals surface area contributed by atoms with Crippen LogP contribution in [0.4, 0.5) is 0 Å². The van der Waals surface area contributed by atoms with Crippen molar-refractivity contribution in [2.75, 3.05) is 20.8 Å². The van der Waals surface area contributed by atoms with Gasteiger partial charge in [0.1, 0.15) is 0 Å². The summed E-state index contributed by atoms with van der Waals surface area (Å²) in [5, 5.41) is 0. The van der Waals surface area contributed by atoms with Gasteiger partial charge in [-0.25, -0.2) is 0 Å². The van der Waals surface area contributed by atoms with Crippen molar-refractivity contribution in [3.8, 4) is 0 Å². The second-order valence-corrected chi connectivity index (χ2v) is 1.79. The van der Waals surface area contributed by atoms with Crippen molar-refractivity contribution in [3.63, 3.8) is 0 Å². The highest BCUT2D eigenvalue weighted by atomic mass is 16.5. The Bertz CT molecular complexity index is 61.3. The first-order chi connectivity index (χ1) is 4.41. The fourth-order valence-electron chi connectivity index (χ4n) is 0.489. The molecule has 54 valence electrons. The molecule has 0 atom stereocenters. The molecular formula is C7H14O2. The first-order valence-corrected chi connectivity index (χ1v) is 3.08. The van der Waals surface area contributed by atoms with Gasteiger partial charge in [0.05, 0.1) is 12.9 Å². The SMILES string of the molecule is C1=COCCC1.COC. The summed E-state index contributed by atoms with van der Waals surface area (Å²) in [6.07, 6.45) is 6.20. The Labute approximate surface area is 56.5 Å². The lowest BCUT2D eigenvalue weighted by atomic mass is 10.3. The molecular weight excluding hydrogens is 116 g/mol. The zero-order valence-corrected chi connectivity index (χ0v) is 6.09. The Hall–Kier alpha value is -0.500. The Morgan fingerprint density at radius 2 is 2.11 bits per heavy atom. The number of hydrogen-bond acceptors (Lipinski definition) is 2. The van der Waals surface area contributed by atoms with Crippen molar-refractivity contribution in [1.29, 1.82) is 0 Å². The molecule has 2 nitrogen and oxygen atoms in total. The number of rotatable bonds is 0. The van der Waals surface area contributed by atoms with Crippen molar-refractivity contribution < 1.29 is 9.47 Å². The predicted octanol–water partition coefficient (Wildman–Crippen LogP) is 1.57. The topological polar surface area (TPSA) is 18.5 Å².